The molecule has 1 aliphatic heterocycles. The summed E-state index contributed by atoms with van der Waals surface area (Å²) in [4.78, 5) is 14.3. The number of sulfonamides is 1. The van der Waals surface area contributed by atoms with Crippen LogP contribution in [0, 0.1) is 0 Å². The van der Waals surface area contributed by atoms with E-state index in [-0.39, 0.29) is 18.1 Å². The molecule has 1 amide bonds. The number of rotatable bonds is 6. The van der Waals surface area contributed by atoms with Gasteiger partial charge in [-0.05, 0) is 23.3 Å². The van der Waals surface area contributed by atoms with Crippen molar-refractivity contribution in [2.45, 2.75) is 12.2 Å². The van der Waals surface area contributed by atoms with E-state index in [4.69, 9.17) is 4.74 Å². The van der Waals surface area contributed by atoms with Gasteiger partial charge in [0.15, 0.2) is 0 Å². The third kappa shape index (κ3) is 5.08. The van der Waals surface area contributed by atoms with Gasteiger partial charge in [-0.3, -0.25) is 4.79 Å². The van der Waals surface area contributed by atoms with Crippen LogP contribution < -0.4 is 4.74 Å². The molecular formula is C20H24N2O4S. The molecule has 0 aliphatic carbocycles. The van der Waals surface area contributed by atoms with Gasteiger partial charge >= 0.3 is 0 Å². The van der Waals surface area contributed by atoms with Crippen LogP contribution in [0.4, 0.5) is 0 Å². The molecule has 27 heavy (non-hydrogen) atoms. The van der Waals surface area contributed by atoms with E-state index in [0.29, 0.717) is 26.2 Å². The molecule has 0 bridgehead atoms. The molecule has 6 nitrogen and oxygen atoms in total. The Bertz CT molecular complexity index is 876. The number of hydrogen-bond donors (Lipinski definition) is 0. The van der Waals surface area contributed by atoms with E-state index in [9.17, 15) is 13.2 Å². The van der Waals surface area contributed by atoms with Crippen LogP contribution in [-0.4, -0.2) is 56.8 Å². The summed E-state index contributed by atoms with van der Waals surface area (Å²) in [5, 5.41) is 0. The van der Waals surface area contributed by atoms with Crippen LogP contribution in [0.5, 0.6) is 5.75 Å². The molecule has 0 aromatic heterocycles. The normalized spacial score (nSPS) is 15.5. The van der Waals surface area contributed by atoms with Gasteiger partial charge in [-0.2, -0.15) is 4.31 Å². The van der Waals surface area contributed by atoms with E-state index in [0.717, 1.165) is 16.9 Å². The third-order valence-electron chi connectivity index (χ3n) is 4.67. The fourth-order valence-corrected chi connectivity index (χ4v) is 4.68. The zero-order valence-corrected chi connectivity index (χ0v) is 16.2. The monoisotopic (exact) mass is 388 g/mol. The molecule has 1 fully saturated rings. The molecule has 7 heteroatoms. The Morgan fingerprint density at radius 2 is 1.63 bits per heavy atom. The Balaban J connectivity index is 1.55. The molecule has 1 saturated heterocycles. The molecule has 0 atom stereocenters. The summed E-state index contributed by atoms with van der Waals surface area (Å²) in [7, 11) is -1.78. The first-order valence-corrected chi connectivity index (χ1v) is 10.5. The maximum atomic E-state index is 12.6. The molecule has 1 heterocycles. The second-order valence-corrected chi connectivity index (χ2v) is 8.52. The van der Waals surface area contributed by atoms with Gasteiger partial charge in [0.1, 0.15) is 5.75 Å². The Kier molecular flexibility index (Phi) is 6.13. The van der Waals surface area contributed by atoms with Gasteiger partial charge < -0.3 is 9.64 Å². The standard InChI is InChI=1S/C20H24N2O4S/c1-26-19-9-5-8-18(14-19)15-20(23)21-10-12-22(13-11-21)27(24,25)16-17-6-3-2-4-7-17/h2-9,14H,10-13,15-16H2,1H3. The summed E-state index contributed by atoms with van der Waals surface area (Å²) < 4.78 is 31.9. The predicted octanol–water partition coefficient (Wildman–Crippen LogP) is 1.91. The summed E-state index contributed by atoms with van der Waals surface area (Å²) >= 11 is 0. The predicted molar refractivity (Wildman–Crippen MR) is 104 cm³/mol. The van der Waals surface area contributed by atoms with Crippen molar-refractivity contribution in [3.63, 3.8) is 0 Å². The number of ether oxygens (including phenoxy) is 1. The van der Waals surface area contributed by atoms with E-state index in [1.54, 1.807) is 12.0 Å². The smallest absolute Gasteiger partial charge is 0.227 e. The zero-order chi connectivity index (χ0) is 19.3. The maximum absolute atomic E-state index is 12.6. The van der Waals surface area contributed by atoms with Crippen LogP contribution in [-0.2, 0) is 27.0 Å². The first-order chi connectivity index (χ1) is 13.0. The van der Waals surface area contributed by atoms with Crippen molar-refractivity contribution in [3.8, 4) is 5.75 Å². The topological polar surface area (TPSA) is 66.9 Å². The van der Waals surface area contributed by atoms with Crippen molar-refractivity contribution in [1.82, 2.24) is 9.21 Å². The highest BCUT2D eigenvalue weighted by molar-refractivity contribution is 7.88. The number of hydrogen-bond acceptors (Lipinski definition) is 4. The van der Waals surface area contributed by atoms with Crippen LogP contribution in [0.2, 0.25) is 0 Å². The van der Waals surface area contributed by atoms with Crippen molar-refractivity contribution in [2.24, 2.45) is 0 Å². The summed E-state index contributed by atoms with van der Waals surface area (Å²) in [6.45, 7) is 1.49. The highest BCUT2D eigenvalue weighted by Crippen LogP contribution is 2.16. The lowest BCUT2D eigenvalue weighted by Crippen LogP contribution is -2.51. The molecule has 144 valence electrons. The number of carbonyl (C=O) groups is 1. The molecule has 2 aromatic carbocycles. The molecule has 0 N–H and O–H groups in total. The van der Waals surface area contributed by atoms with Crippen molar-refractivity contribution >= 4 is 15.9 Å². The molecule has 0 radical (unpaired) electrons. The van der Waals surface area contributed by atoms with Gasteiger partial charge in [0.25, 0.3) is 0 Å². The Morgan fingerprint density at radius 3 is 2.30 bits per heavy atom. The largest absolute Gasteiger partial charge is 0.497 e. The minimum absolute atomic E-state index is 0.00311. The Labute approximate surface area is 160 Å². The zero-order valence-electron chi connectivity index (χ0n) is 15.4. The van der Waals surface area contributed by atoms with Gasteiger partial charge in [0, 0.05) is 26.2 Å². The lowest BCUT2D eigenvalue weighted by atomic mass is 10.1. The van der Waals surface area contributed by atoms with Gasteiger partial charge in [0.2, 0.25) is 15.9 Å². The third-order valence-corrected chi connectivity index (χ3v) is 6.52. The molecule has 2 aromatic rings. The number of carbonyl (C=O) groups excluding carboxylic acids is 1. The minimum Gasteiger partial charge on any atom is -0.497 e. The molecular weight excluding hydrogens is 364 g/mol. The SMILES string of the molecule is COc1cccc(CC(=O)N2CCN(S(=O)(=O)Cc3ccccc3)CC2)c1. The van der Waals surface area contributed by atoms with Crippen LogP contribution >= 0.6 is 0 Å². The number of piperazine rings is 1. The van der Waals surface area contributed by atoms with E-state index in [1.807, 2.05) is 54.6 Å². The highest BCUT2D eigenvalue weighted by Gasteiger charge is 2.28. The number of benzene rings is 2. The Hall–Kier alpha value is -2.38. The number of nitrogens with zero attached hydrogens (tertiary/aromatic N) is 2. The minimum atomic E-state index is -3.37. The molecule has 0 saturated carbocycles. The first kappa shape index (κ1) is 19.4. The number of amides is 1. The van der Waals surface area contributed by atoms with Crippen LogP contribution in [0.15, 0.2) is 54.6 Å². The van der Waals surface area contributed by atoms with Crippen molar-refractivity contribution < 1.29 is 17.9 Å². The second-order valence-electron chi connectivity index (χ2n) is 6.55. The van der Waals surface area contributed by atoms with Crippen molar-refractivity contribution in [2.75, 3.05) is 33.3 Å². The molecule has 1 aliphatic rings. The molecule has 3 rings (SSSR count). The maximum Gasteiger partial charge on any atom is 0.227 e. The average Bonchev–Trinajstić information content (AvgIpc) is 2.68. The fraction of sp³-hybridized carbons (Fsp3) is 0.350. The van der Waals surface area contributed by atoms with E-state index >= 15 is 0 Å². The van der Waals surface area contributed by atoms with E-state index in [1.165, 1.54) is 4.31 Å². The average molecular weight is 388 g/mol. The summed E-state index contributed by atoms with van der Waals surface area (Å²) in [5.41, 5.74) is 1.66. The van der Waals surface area contributed by atoms with Crippen LogP contribution in [0.3, 0.4) is 0 Å². The van der Waals surface area contributed by atoms with E-state index < -0.39 is 10.0 Å². The second kappa shape index (κ2) is 8.54. The summed E-state index contributed by atoms with van der Waals surface area (Å²) in [5.74, 6) is 0.714. The quantitative estimate of drug-likeness (QED) is 0.758. The first-order valence-electron chi connectivity index (χ1n) is 8.90. The molecule has 0 unspecified atom stereocenters. The van der Waals surface area contributed by atoms with Gasteiger partial charge in [-0.25, -0.2) is 8.42 Å². The fourth-order valence-electron chi connectivity index (χ4n) is 3.16. The van der Waals surface area contributed by atoms with Crippen LogP contribution in [0.25, 0.3) is 0 Å². The van der Waals surface area contributed by atoms with Gasteiger partial charge in [0.05, 0.1) is 19.3 Å². The summed E-state index contributed by atoms with van der Waals surface area (Å²) in [6, 6.07) is 16.6. The van der Waals surface area contributed by atoms with Crippen molar-refractivity contribution in [3.05, 3.63) is 65.7 Å². The lowest BCUT2D eigenvalue weighted by molar-refractivity contribution is -0.131. The summed E-state index contributed by atoms with van der Waals surface area (Å²) in [6.07, 6.45) is 0.286. The molecule has 0 spiro atoms. The van der Waals surface area contributed by atoms with E-state index in [2.05, 4.69) is 0 Å². The number of methoxy groups -OCH3 is 1. The van der Waals surface area contributed by atoms with Gasteiger partial charge in [-0.15, -0.1) is 0 Å². The Morgan fingerprint density at radius 1 is 0.963 bits per heavy atom. The lowest BCUT2D eigenvalue weighted by Gasteiger charge is -2.34. The van der Waals surface area contributed by atoms with Crippen molar-refractivity contribution in [1.29, 1.82) is 0 Å². The van der Waals surface area contributed by atoms with Crippen LogP contribution in [0.1, 0.15) is 11.1 Å². The van der Waals surface area contributed by atoms with Gasteiger partial charge in [-0.1, -0.05) is 42.5 Å². The highest BCUT2D eigenvalue weighted by atomic mass is 32.2.